The molecule has 0 saturated carbocycles. The zero-order chi connectivity index (χ0) is 15.2. The Morgan fingerprint density at radius 2 is 2.05 bits per heavy atom. The summed E-state index contributed by atoms with van der Waals surface area (Å²) in [6.45, 7) is 2.64. The topological polar surface area (TPSA) is 41.5 Å². The first-order chi connectivity index (χ1) is 9.38. The second-order valence-electron chi connectivity index (χ2n) is 4.83. The Labute approximate surface area is 116 Å². The summed E-state index contributed by atoms with van der Waals surface area (Å²) < 4.78 is 43.1. The molecule has 0 radical (unpaired) electrons. The highest BCUT2D eigenvalue weighted by molar-refractivity contribution is 5.28. The number of halogens is 3. The Kier molecular flexibility index (Phi) is 6.45. The van der Waals surface area contributed by atoms with Gasteiger partial charge in [-0.1, -0.05) is 19.1 Å². The SMILES string of the molecule is COCC(NCC(C)CO)c1cccc(C(F)(F)F)c1. The molecule has 114 valence electrons. The number of ether oxygens (including phenoxy) is 1. The lowest BCUT2D eigenvalue weighted by Crippen LogP contribution is -2.30. The average molecular weight is 291 g/mol. The van der Waals surface area contributed by atoms with E-state index in [-0.39, 0.29) is 25.2 Å². The van der Waals surface area contributed by atoms with Crippen LogP contribution in [0.1, 0.15) is 24.1 Å². The van der Waals surface area contributed by atoms with Crippen molar-refractivity contribution in [3.8, 4) is 0 Å². The maximum Gasteiger partial charge on any atom is 0.416 e. The molecule has 1 aromatic rings. The summed E-state index contributed by atoms with van der Waals surface area (Å²) in [7, 11) is 1.50. The molecule has 1 aromatic carbocycles. The van der Waals surface area contributed by atoms with Crippen LogP contribution in [-0.4, -0.2) is 32.0 Å². The van der Waals surface area contributed by atoms with Crippen molar-refractivity contribution in [3.63, 3.8) is 0 Å². The minimum absolute atomic E-state index is 0.0231. The molecule has 0 aliphatic rings. The van der Waals surface area contributed by atoms with E-state index in [2.05, 4.69) is 5.32 Å². The molecular formula is C14H20F3NO2. The van der Waals surface area contributed by atoms with Gasteiger partial charge >= 0.3 is 6.18 Å². The lowest BCUT2D eigenvalue weighted by Gasteiger charge is -2.21. The third kappa shape index (κ3) is 5.11. The highest BCUT2D eigenvalue weighted by Crippen LogP contribution is 2.30. The molecule has 2 unspecified atom stereocenters. The van der Waals surface area contributed by atoms with Crippen LogP contribution in [0.2, 0.25) is 0 Å². The van der Waals surface area contributed by atoms with Gasteiger partial charge in [0.25, 0.3) is 0 Å². The zero-order valence-corrected chi connectivity index (χ0v) is 11.6. The zero-order valence-electron chi connectivity index (χ0n) is 11.6. The molecule has 20 heavy (non-hydrogen) atoms. The summed E-state index contributed by atoms with van der Waals surface area (Å²) in [6, 6.07) is 4.86. The van der Waals surface area contributed by atoms with Gasteiger partial charge in [0.05, 0.1) is 18.2 Å². The van der Waals surface area contributed by atoms with Gasteiger partial charge in [0.15, 0.2) is 0 Å². The Morgan fingerprint density at radius 3 is 2.60 bits per heavy atom. The molecule has 2 atom stereocenters. The van der Waals surface area contributed by atoms with Crippen LogP contribution in [0.5, 0.6) is 0 Å². The van der Waals surface area contributed by atoms with Crippen LogP contribution in [0.15, 0.2) is 24.3 Å². The fraction of sp³-hybridized carbons (Fsp3) is 0.571. The summed E-state index contributed by atoms with van der Waals surface area (Å²) in [5, 5.41) is 12.1. The molecule has 0 bridgehead atoms. The number of benzene rings is 1. The lowest BCUT2D eigenvalue weighted by atomic mass is 10.0. The van der Waals surface area contributed by atoms with E-state index in [9.17, 15) is 13.2 Å². The average Bonchev–Trinajstić information content (AvgIpc) is 2.42. The van der Waals surface area contributed by atoms with Gasteiger partial charge in [-0.2, -0.15) is 13.2 Å². The maximum atomic E-state index is 12.7. The van der Waals surface area contributed by atoms with Crippen LogP contribution < -0.4 is 5.32 Å². The quantitative estimate of drug-likeness (QED) is 0.811. The van der Waals surface area contributed by atoms with Crippen molar-refractivity contribution in [1.29, 1.82) is 0 Å². The Balaban J connectivity index is 2.85. The third-order valence-corrected chi connectivity index (χ3v) is 2.97. The standard InChI is InChI=1S/C14H20F3NO2/c1-10(8-19)7-18-13(9-20-2)11-4-3-5-12(6-11)14(15,16)17/h3-6,10,13,18-19H,7-9H2,1-2H3. The van der Waals surface area contributed by atoms with Crippen LogP contribution in [-0.2, 0) is 10.9 Å². The maximum absolute atomic E-state index is 12.7. The largest absolute Gasteiger partial charge is 0.416 e. The number of methoxy groups -OCH3 is 1. The Bertz CT molecular complexity index is 410. The van der Waals surface area contributed by atoms with Crippen molar-refractivity contribution in [2.45, 2.75) is 19.1 Å². The van der Waals surface area contributed by atoms with Crippen LogP contribution in [0.3, 0.4) is 0 Å². The summed E-state index contributed by atoms with van der Waals surface area (Å²) in [5.74, 6) is 0.0279. The molecule has 6 heteroatoms. The molecule has 3 nitrogen and oxygen atoms in total. The second kappa shape index (κ2) is 7.61. The monoisotopic (exact) mass is 291 g/mol. The van der Waals surface area contributed by atoms with Gasteiger partial charge < -0.3 is 15.2 Å². The molecule has 0 fully saturated rings. The number of hydrogen-bond donors (Lipinski definition) is 2. The van der Waals surface area contributed by atoms with E-state index in [1.165, 1.54) is 13.2 Å². The minimum atomic E-state index is -4.36. The minimum Gasteiger partial charge on any atom is -0.396 e. The van der Waals surface area contributed by atoms with E-state index in [1.807, 2.05) is 6.92 Å². The molecule has 0 aliphatic carbocycles. The number of aliphatic hydroxyl groups is 1. The van der Waals surface area contributed by atoms with E-state index in [4.69, 9.17) is 9.84 Å². The first-order valence-corrected chi connectivity index (χ1v) is 6.38. The van der Waals surface area contributed by atoms with Gasteiger partial charge in [0, 0.05) is 20.3 Å². The molecule has 0 aromatic heterocycles. The summed E-state index contributed by atoms with van der Waals surface area (Å²) in [5.41, 5.74) is -0.153. The van der Waals surface area contributed by atoms with Crippen molar-refractivity contribution in [2.75, 3.05) is 26.9 Å². The molecule has 0 spiro atoms. The van der Waals surface area contributed by atoms with E-state index in [1.54, 1.807) is 6.07 Å². The summed E-state index contributed by atoms with van der Waals surface area (Å²) in [6.07, 6.45) is -4.36. The number of hydrogen-bond acceptors (Lipinski definition) is 3. The van der Waals surface area contributed by atoms with Crippen LogP contribution in [0, 0.1) is 5.92 Å². The first kappa shape index (κ1) is 16.9. The first-order valence-electron chi connectivity index (χ1n) is 6.38. The van der Waals surface area contributed by atoms with Gasteiger partial charge in [-0.05, 0) is 23.6 Å². The van der Waals surface area contributed by atoms with Crippen LogP contribution >= 0.6 is 0 Å². The van der Waals surface area contributed by atoms with Crippen LogP contribution in [0.4, 0.5) is 13.2 Å². The van der Waals surface area contributed by atoms with E-state index in [0.717, 1.165) is 12.1 Å². The molecule has 0 aliphatic heterocycles. The third-order valence-electron chi connectivity index (χ3n) is 2.97. The van der Waals surface area contributed by atoms with Gasteiger partial charge in [0.1, 0.15) is 0 Å². The number of nitrogens with one attached hydrogen (secondary N) is 1. The molecule has 0 heterocycles. The van der Waals surface area contributed by atoms with E-state index in [0.29, 0.717) is 12.1 Å². The smallest absolute Gasteiger partial charge is 0.396 e. The fourth-order valence-electron chi connectivity index (χ4n) is 1.78. The van der Waals surface area contributed by atoms with Crippen molar-refractivity contribution >= 4 is 0 Å². The molecule has 0 saturated heterocycles. The predicted molar refractivity (Wildman–Crippen MR) is 70.3 cm³/mol. The highest BCUT2D eigenvalue weighted by atomic mass is 19.4. The van der Waals surface area contributed by atoms with Gasteiger partial charge in [-0.3, -0.25) is 0 Å². The second-order valence-corrected chi connectivity index (χ2v) is 4.83. The lowest BCUT2D eigenvalue weighted by molar-refractivity contribution is -0.137. The van der Waals surface area contributed by atoms with Crippen molar-refractivity contribution in [1.82, 2.24) is 5.32 Å². The van der Waals surface area contributed by atoms with E-state index < -0.39 is 11.7 Å². The number of aliphatic hydroxyl groups excluding tert-OH is 1. The predicted octanol–water partition coefficient (Wildman–Crippen LogP) is 2.61. The Hall–Kier alpha value is -1.11. The van der Waals surface area contributed by atoms with Crippen LogP contribution in [0.25, 0.3) is 0 Å². The van der Waals surface area contributed by atoms with Crippen molar-refractivity contribution < 1.29 is 23.0 Å². The fourth-order valence-corrected chi connectivity index (χ4v) is 1.78. The molecule has 0 amide bonds. The number of alkyl halides is 3. The Morgan fingerprint density at radius 1 is 1.35 bits per heavy atom. The van der Waals surface area contributed by atoms with Gasteiger partial charge in [0.2, 0.25) is 0 Å². The van der Waals surface area contributed by atoms with Gasteiger partial charge in [-0.25, -0.2) is 0 Å². The van der Waals surface area contributed by atoms with Crippen molar-refractivity contribution in [2.24, 2.45) is 5.92 Å². The number of rotatable bonds is 7. The van der Waals surface area contributed by atoms with Crippen molar-refractivity contribution in [3.05, 3.63) is 35.4 Å². The summed E-state index contributed by atoms with van der Waals surface area (Å²) in [4.78, 5) is 0. The summed E-state index contributed by atoms with van der Waals surface area (Å²) >= 11 is 0. The molecular weight excluding hydrogens is 271 g/mol. The highest BCUT2D eigenvalue weighted by Gasteiger charge is 2.31. The van der Waals surface area contributed by atoms with E-state index >= 15 is 0 Å². The molecule has 2 N–H and O–H groups in total. The molecule has 1 rings (SSSR count). The normalized spacial score (nSPS) is 15.1. The van der Waals surface area contributed by atoms with Gasteiger partial charge in [-0.15, -0.1) is 0 Å².